The van der Waals surface area contributed by atoms with Crippen molar-refractivity contribution in [3.8, 4) is 5.75 Å². The lowest BCUT2D eigenvalue weighted by Crippen LogP contribution is -2.30. The van der Waals surface area contributed by atoms with Crippen molar-refractivity contribution in [2.75, 3.05) is 53.0 Å². The molecule has 0 atom stereocenters. The summed E-state index contributed by atoms with van der Waals surface area (Å²) in [6, 6.07) is 6.90. The van der Waals surface area contributed by atoms with E-state index in [1.54, 1.807) is 24.3 Å². The first kappa shape index (κ1) is 18.0. The Bertz CT molecular complexity index is 481. The van der Waals surface area contributed by atoms with Gasteiger partial charge in [0.15, 0.2) is 6.61 Å². The number of ether oxygens (including phenoxy) is 2. The smallest absolute Gasteiger partial charge is 0.344 e. The summed E-state index contributed by atoms with van der Waals surface area (Å²) in [6.07, 6.45) is 2.06. The SMILES string of the molecule is CN1CCCN(CCCOC(=O)COc2ccc(Cl)cc2)CC1. The Labute approximate surface area is 143 Å². The van der Waals surface area contributed by atoms with Crippen LogP contribution < -0.4 is 4.74 Å². The van der Waals surface area contributed by atoms with Crippen LogP contribution in [0.3, 0.4) is 0 Å². The molecule has 23 heavy (non-hydrogen) atoms. The molecule has 128 valence electrons. The fourth-order valence-corrected chi connectivity index (χ4v) is 2.64. The molecule has 0 aromatic heterocycles. The first-order chi connectivity index (χ1) is 11.1. The number of carbonyl (C=O) groups excluding carboxylic acids is 1. The number of carbonyl (C=O) groups is 1. The Morgan fingerprint density at radius 1 is 1.17 bits per heavy atom. The van der Waals surface area contributed by atoms with Gasteiger partial charge in [-0.1, -0.05) is 11.6 Å². The largest absolute Gasteiger partial charge is 0.482 e. The Balaban J connectivity index is 1.55. The van der Waals surface area contributed by atoms with Crippen molar-refractivity contribution in [3.63, 3.8) is 0 Å². The van der Waals surface area contributed by atoms with Crippen molar-refractivity contribution in [2.45, 2.75) is 12.8 Å². The van der Waals surface area contributed by atoms with E-state index >= 15 is 0 Å². The molecular formula is C17H25ClN2O3. The number of likely N-dealkylation sites (N-methyl/N-ethyl adjacent to an activating group) is 1. The van der Waals surface area contributed by atoms with E-state index in [0.717, 1.165) is 39.1 Å². The number of hydrogen-bond acceptors (Lipinski definition) is 5. The van der Waals surface area contributed by atoms with E-state index in [1.807, 2.05) is 0 Å². The third-order valence-electron chi connectivity index (χ3n) is 3.86. The summed E-state index contributed by atoms with van der Waals surface area (Å²) in [7, 11) is 2.16. The summed E-state index contributed by atoms with van der Waals surface area (Å²) in [5, 5.41) is 0.639. The number of benzene rings is 1. The zero-order valence-corrected chi connectivity index (χ0v) is 14.4. The second-order valence-electron chi connectivity index (χ2n) is 5.82. The minimum absolute atomic E-state index is 0.0733. The second kappa shape index (κ2) is 9.75. The van der Waals surface area contributed by atoms with Crippen LogP contribution in [0.25, 0.3) is 0 Å². The van der Waals surface area contributed by atoms with Crippen molar-refractivity contribution >= 4 is 17.6 Å². The Morgan fingerprint density at radius 2 is 1.96 bits per heavy atom. The first-order valence-corrected chi connectivity index (χ1v) is 8.46. The molecule has 1 saturated heterocycles. The molecule has 0 unspecified atom stereocenters. The summed E-state index contributed by atoms with van der Waals surface area (Å²) >= 11 is 5.79. The molecule has 0 N–H and O–H groups in total. The van der Waals surface area contributed by atoms with Crippen molar-refractivity contribution in [2.24, 2.45) is 0 Å². The summed E-state index contributed by atoms with van der Waals surface area (Å²) in [4.78, 5) is 16.4. The van der Waals surface area contributed by atoms with Crippen molar-refractivity contribution < 1.29 is 14.3 Å². The predicted molar refractivity (Wildman–Crippen MR) is 91.1 cm³/mol. The van der Waals surface area contributed by atoms with Gasteiger partial charge in [-0.15, -0.1) is 0 Å². The Kier molecular flexibility index (Phi) is 7.65. The van der Waals surface area contributed by atoms with Gasteiger partial charge in [-0.25, -0.2) is 4.79 Å². The molecule has 1 fully saturated rings. The van der Waals surface area contributed by atoms with Crippen molar-refractivity contribution in [1.82, 2.24) is 9.80 Å². The molecule has 0 bridgehead atoms. The van der Waals surface area contributed by atoms with Crippen LogP contribution in [0.2, 0.25) is 5.02 Å². The lowest BCUT2D eigenvalue weighted by atomic mass is 10.3. The van der Waals surface area contributed by atoms with Crippen LogP contribution in [0.5, 0.6) is 5.75 Å². The third-order valence-corrected chi connectivity index (χ3v) is 4.12. The fourth-order valence-electron chi connectivity index (χ4n) is 2.51. The number of hydrogen-bond donors (Lipinski definition) is 0. The van der Waals surface area contributed by atoms with Gasteiger partial charge in [-0.05, 0) is 57.2 Å². The van der Waals surface area contributed by atoms with Crippen LogP contribution in [0.1, 0.15) is 12.8 Å². The van der Waals surface area contributed by atoms with Gasteiger partial charge in [-0.2, -0.15) is 0 Å². The van der Waals surface area contributed by atoms with Gasteiger partial charge in [0.25, 0.3) is 0 Å². The highest BCUT2D eigenvalue weighted by atomic mass is 35.5. The minimum Gasteiger partial charge on any atom is -0.482 e. The quantitative estimate of drug-likeness (QED) is 0.563. The van der Waals surface area contributed by atoms with Gasteiger partial charge in [0, 0.05) is 24.7 Å². The lowest BCUT2D eigenvalue weighted by Gasteiger charge is -2.19. The topological polar surface area (TPSA) is 42.0 Å². The van der Waals surface area contributed by atoms with Crippen LogP contribution in [0.4, 0.5) is 0 Å². The third kappa shape index (κ3) is 7.20. The zero-order chi connectivity index (χ0) is 16.5. The molecule has 0 aliphatic carbocycles. The maximum atomic E-state index is 11.6. The summed E-state index contributed by atoms with van der Waals surface area (Å²) < 4.78 is 10.6. The number of nitrogens with zero attached hydrogens (tertiary/aromatic N) is 2. The molecule has 1 aliphatic heterocycles. The maximum absolute atomic E-state index is 11.6. The zero-order valence-electron chi connectivity index (χ0n) is 13.7. The van der Waals surface area contributed by atoms with Gasteiger partial charge in [0.1, 0.15) is 5.75 Å². The highest BCUT2D eigenvalue weighted by molar-refractivity contribution is 6.30. The molecule has 0 saturated carbocycles. The Morgan fingerprint density at radius 3 is 2.74 bits per heavy atom. The van der Waals surface area contributed by atoms with Crippen LogP contribution in [0.15, 0.2) is 24.3 Å². The van der Waals surface area contributed by atoms with Gasteiger partial charge in [-0.3, -0.25) is 0 Å². The summed E-state index contributed by atoms with van der Waals surface area (Å²) in [6.45, 7) is 5.81. The molecule has 0 amide bonds. The average molecular weight is 341 g/mol. The van der Waals surface area contributed by atoms with E-state index in [9.17, 15) is 4.79 Å². The second-order valence-corrected chi connectivity index (χ2v) is 6.25. The van der Waals surface area contributed by atoms with E-state index in [0.29, 0.717) is 17.4 Å². The van der Waals surface area contributed by atoms with Crippen LogP contribution in [0, 0.1) is 0 Å². The van der Waals surface area contributed by atoms with Crippen molar-refractivity contribution in [3.05, 3.63) is 29.3 Å². The molecule has 1 aliphatic rings. The van der Waals surface area contributed by atoms with E-state index in [2.05, 4.69) is 16.8 Å². The van der Waals surface area contributed by atoms with Gasteiger partial charge >= 0.3 is 5.97 Å². The predicted octanol–water partition coefficient (Wildman–Crippen LogP) is 2.29. The maximum Gasteiger partial charge on any atom is 0.344 e. The molecule has 5 nitrogen and oxygen atoms in total. The van der Waals surface area contributed by atoms with E-state index in [4.69, 9.17) is 21.1 Å². The number of halogens is 1. The van der Waals surface area contributed by atoms with Crippen LogP contribution in [-0.4, -0.2) is 68.8 Å². The molecule has 2 rings (SSSR count). The van der Waals surface area contributed by atoms with Crippen molar-refractivity contribution in [1.29, 1.82) is 0 Å². The lowest BCUT2D eigenvalue weighted by molar-refractivity contribution is -0.146. The Hall–Kier alpha value is -1.30. The summed E-state index contributed by atoms with van der Waals surface area (Å²) in [5.41, 5.74) is 0. The monoisotopic (exact) mass is 340 g/mol. The van der Waals surface area contributed by atoms with Crippen LogP contribution >= 0.6 is 11.6 Å². The molecule has 1 aromatic rings. The average Bonchev–Trinajstić information content (AvgIpc) is 2.75. The van der Waals surface area contributed by atoms with Crippen LogP contribution in [-0.2, 0) is 9.53 Å². The molecule has 0 spiro atoms. The van der Waals surface area contributed by atoms with Gasteiger partial charge < -0.3 is 19.3 Å². The summed E-state index contributed by atoms with van der Waals surface area (Å²) in [5.74, 6) is 0.274. The first-order valence-electron chi connectivity index (χ1n) is 8.08. The van der Waals surface area contributed by atoms with Gasteiger partial charge in [0.05, 0.1) is 6.61 Å². The molecular weight excluding hydrogens is 316 g/mol. The molecule has 1 aromatic carbocycles. The number of esters is 1. The normalized spacial score (nSPS) is 16.8. The standard InChI is InChI=1S/C17H25ClN2O3/c1-19-8-2-9-20(12-11-19)10-3-13-22-17(21)14-23-16-6-4-15(18)5-7-16/h4-7H,2-3,8-14H2,1H3. The van der Waals surface area contributed by atoms with E-state index in [1.165, 1.54) is 6.42 Å². The fraction of sp³-hybridized carbons (Fsp3) is 0.588. The van der Waals surface area contributed by atoms with E-state index < -0.39 is 0 Å². The van der Waals surface area contributed by atoms with E-state index in [-0.39, 0.29) is 12.6 Å². The highest BCUT2D eigenvalue weighted by Crippen LogP contribution is 2.15. The van der Waals surface area contributed by atoms with Gasteiger partial charge in [0.2, 0.25) is 0 Å². The molecule has 6 heteroatoms. The highest BCUT2D eigenvalue weighted by Gasteiger charge is 2.11. The minimum atomic E-state index is -0.337. The molecule has 1 heterocycles. The molecule has 0 radical (unpaired) electrons. The number of rotatable bonds is 7.